The first-order valence-electron chi connectivity index (χ1n) is 37.8. The Balaban J connectivity index is 5.38. The summed E-state index contributed by atoms with van der Waals surface area (Å²) < 4.78 is 68.3. The number of aliphatic hydroxyl groups is 1. The first kappa shape index (κ1) is 92.2. The highest BCUT2D eigenvalue weighted by molar-refractivity contribution is 7.47. The van der Waals surface area contributed by atoms with Crippen LogP contribution in [0.25, 0.3) is 0 Å². The molecule has 0 saturated heterocycles. The molecule has 0 aromatic rings. The summed E-state index contributed by atoms with van der Waals surface area (Å²) >= 11 is 0. The van der Waals surface area contributed by atoms with Crippen LogP contribution in [-0.4, -0.2) is 96.7 Å². The lowest BCUT2D eigenvalue weighted by Crippen LogP contribution is -2.30. The molecular weight excluding hydrogens is 1260 g/mol. The van der Waals surface area contributed by atoms with E-state index in [0.717, 1.165) is 116 Å². The van der Waals surface area contributed by atoms with E-state index in [1.54, 1.807) is 6.08 Å². The summed E-state index contributed by atoms with van der Waals surface area (Å²) in [6.45, 7) is 4.63. The number of phosphoric acid groups is 2. The Morgan fingerprint density at radius 1 is 0.312 bits per heavy atom. The topological polar surface area (TPSA) is 237 Å². The standard InChI is InChI=1S/C77H136O17P2/c1-5-9-13-17-21-25-29-32-35-38-42-45-49-53-57-61-74(79)87-67-72(93-76(81)63-59-55-51-47-41-28-24-20-16-12-8-4)69-91-95(83,84)89-65-71(78)66-90-96(85,86)92-70-73(94-77(82)64-60-56-52-48-44-40-37-34-31-27-23-19-15-11-7-3)68-88-75(80)62-58-54-50-46-43-39-36-33-30-26-22-18-14-10-6-2/h10,14,22-23,26-27,33-34,36-37,43,46,54,58,71-73,78H,5-9,11-13,15-21,24-25,28-32,35,38-42,44-45,47-53,55-57,59-70H2,1-4H3,(H,83,84)(H,85,86)/b14-10-,26-22-,27-23-,36-33-,37-34-,46-43-,58-54-. The number of unbranched alkanes of at least 4 members (excludes halogenated alkanes) is 32. The van der Waals surface area contributed by atoms with Crippen molar-refractivity contribution in [3.8, 4) is 0 Å². The molecule has 0 aliphatic carbocycles. The van der Waals surface area contributed by atoms with Gasteiger partial charge >= 0.3 is 39.5 Å². The molecule has 5 atom stereocenters. The highest BCUT2D eigenvalue weighted by atomic mass is 31.2. The van der Waals surface area contributed by atoms with Crippen molar-refractivity contribution in [2.24, 2.45) is 0 Å². The first-order valence-corrected chi connectivity index (χ1v) is 40.8. The van der Waals surface area contributed by atoms with Gasteiger partial charge in [-0.2, -0.15) is 0 Å². The van der Waals surface area contributed by atoms with Gasteiger partial charge in [-0.15, -0.1) is 0 Å². The van der Waals surface area contributed by atoms with Gasteiger partial charge in [0, 0.05) is 19.3 Å². The molecule has 0 saturated carbocycles. The number of carbonyl (C=O) groups is 4. The van der Waals surface area contributed by atoms with Crippen LogP contribution in [0, 0.1) is 0 Å². The Kier molecular flexibility index (Phi) is 67.0. The van der Waals surface area contributed by atoms with E-state index in [2.05, 4.69) is 88.5 Å². The van der Waals surface area contributed by atoms with Crippen LogP contribution in [0.3, 0.4) is 0 Å². The zero-order valence-electron chi connectivity index (χ0n) is 60.5. The number of allylic oxidation sites excluding steroid dienone is 13. The zero-order chi connectivity index (χ0) is 70.4. The molecule has 0 heterocycles. The van der Waals surface area contributed by atoms with Crippen molar-refractivity contribution >= 4 is 39.5 Å². The number of hydrogen-bond acceptors (Lipinski definition) is 15. The molecule has 0 amide bonds. The van der Waals surface area contributed by atoms with Crippen molar-refractivity contribution in [3.05, 3.63) is 85.1 Å². The number of phosphoric ester groups is 2. The molecule has 0 spiro atoms. The molecule has 556 valence electrons. The van der Waals surface area contributed by atoms with Gasteiger partial charge in [-0.1, -0.05) is 299 Å². The lowest BCUT2D eigenvalue weighted by molar-refractivity contribution is -0.161. The fourth-order valence-corrected chi connectivity index (χ4v) is 11.7. The maximum atomic E-state index is 13.0. The number of rotatable bonds is 71. The number of aliphatic hydroxyl groups excluding tert-OH is 1. The lowest BCUT2D eigenvalue weighted by atomic mass is 10.0. The van der Waals surface area contributed by atoms with Gasteiger partial charge in [0.25, 0.3) is 0 Å². The first-order chi connectivity index (χ1) is 46.7. The molecule has 0 aliphatic rings. The summed E-state index contributed by atoms with van der Waals surface area (Å²) in [6, 6.07) is 0. The van der Waals surface area contributed by atoms with Gasteiger partial charge in [0.15, 0.2) is 12.2 Å². The van der Waals surface area contributed by atoms with Gasteiger partial charge in [-0.3, -0.25) is 37.3 Å². The van der Waals surface area contributed by atoms with Crippen molar-refractivity contribution in [1.82, 2.24) is 0 Å². The van der Waals surface area contributed by atoms with E-state index in [1.807, 2.05) is 18.2 Å². The maximum absolute atomic E-state index is 13.0. The highest BCUT2D eigenvalue weighted by Crippen LogP contribution is 2.45. The van der Waals surface area contributed by atoms with Crippen LogP contribution in [0.15, 0.2) is 85.1 Å². The second kappa shape index (κ2) is 69.7. The van der Waals surface area contributed by atoms with Crippen molar-refractivity contribution in [2.45, 2.75) is 341 Å². The Labute approximate surface area is 583 Å². The van der Waals surface area contributed by atoms with Crippen LogP contribution in [-0.2, 0) is 65.4 Å². The second-order valence-corrected chi connectivity index (χ2v) is 28.1. The molecule has 0 aromatic carbocycles. The average molecular weight is 1400 g/mol. The van der Waals surface area contributed by atoms with Gasteiger partial charge in [-0.25, -0.2) is 9.13 Å². The molecule has 0 aliphatic heterocycles. The molecule has 19 heteroatoms. The van der Waals surface area contributed by atoms with Crippen LogP contribution in [0.5, 0.6) is 0 Å². The van der Waals surface area contributed by atoms with Gasteiger partial charge in [0.2, 0.25) is 0 Å². The van der Waals surface area contributed by atoms with Gasteiger partial charge < -0.3 is 33.8 Å². The van der Waals surface area contributed by atoms with E-state index in [1.165, 1.54) is 128 Å². The molecule has 0 bridgehead atoms. The van der Waals surface area contributed by atoms with Crippen LogP contribution in [0.2, 0.25) is 0 Å². The van der Waals surface area contributed by atoms with Crippen LogP contribution in [0.1, 0.15) is 323 Å². The minimum Gasteiger partial charge on any atom is -0.462 e. The maximum Gasteiger partial charge on any atom is 0.472 e. The fourth-order valence-electron chi connectivity index (χ4n) is 10.1. The van der Waals surface area contributed by atoms with Crippen molar-refractivity contribution < 1.29 is 80.2 Å². The summed E-state index contributed by atoms with van der Waals surface area (Å²) in [4.78, 5) is 72.7. The van der Waals surface area contributed by atoms with E-state index in [-0.39, 0.29) is 25.7 Å². The van der Waals surface area contributed by atoms with E-state index in [0.29, 0.717) is 25.7 Å². The number of hydrogen-bond donors (Lipinski definition) is 3. The summed E-state index contributed by atoms with van der Waals surface area (Å²) in [6.07, 6.45) is 70.4. The van der Waals surface area contributed by atoms with E-state index >= 15 is 0 Å². The molecule has 5 unspecified atom stereocenters. The molecule has 96 heavy (non-hydrogen) atoms. The molecule has 0 radical (unpaired) electrons. The molecule has 0 rings (SSSR count). The molecule has 17 nitrogen and oxygen atoms in total. The monoisotopic (exact) mass is 1390 g/mol. The fraction of sp³-hybridized carbons (Fsp3) is 0.766. The quantitative estimate of drug-likeness (QED) is 0.0169. The van der Waals surface area contributed by atoms with E-state index in [4.69, 9.17) is 37.0 Å². The van der Waals surface area contributed by atoms with E-state index < -0.39 is 97.5 Å². The lowest BCUT2D eigenvalue weighted by Gasteiger charge is -2.21. The predicted molar refractivity (Wildman–Crippen MR) is 390 cm³/mol. The highest BCUT2D eigenvalue weighted by Gasteiger charge is 2.30. The smallest absolute Gasteiger partial charge is 0.462 e. The molecular formula is C77H136O17P2. The normalized spacial score (nSPS) is 14.4. The third-order valence-corrected chi connectivity index (χ3v) is 17.8. The predicted octanol–water partition coefficient (Wildman–Crippen LogP) is 21.4. The Hall–Kier alpha value is -3.76. The summed E-state index contributed by atoms with van der Waals surface area (Å²) in [7, 11) is -9.96. The van der Waals surface area contributed by atoms with Crippen molar-refractivity contribution in [1.29, 1.82) is 0 Å². The van der Waals surface area contributed by atoms with Gasteiger partial charge in [-0.05, 0) is 83.5 Å². The minimum atomic E-state index is -4.99. The van der Waals surface area contributed by atoms with Crippen LogP contribution >= 0.6 is 15.6 Å². The SMILES string of the molecule is CC/C=C\C/C=C\C/C=C\C/C=C\C/C=C\CC(=O)OCC(COP(=O)(O)OCC(O)COP(=O)(O)OCC(COC(=O)CCCCCCCCCCCCCCCCC)OC(=O)CCCCCCCCCCCCC)OC(=O)CCCCCCC/C=C\C/C=C\CCCCC. The Bertz CT molecular complexity index is 2160. The zero-order valence-corrected chi connectivity index (χ0v) is 62.3. The summed E-state index contributed by atoms with van der Waals surface area (Å²) in [5.41, 5.74) is 0. The van der Waals surface area contributed by atoms with Crippen molar-refractivity contribution in [2.75, 3.05) is 39.6 Å². The largest absolute Gasteiger partial charge is 0.472 e. The Morgan fingerprint density at radius 3 is 0.948 bits per heavy atom. The van der Waals surface area contributed by atoms with E-state index in [9.17, 15) is 43.2 Å². The molecule has 0 fully saturated rings. The third kappa shape index (κ3) is 68.8. The summed E-state index contributed by atoms with van der Waals surface area (Å²) in [5, 5.41) is 10.6. The second-order valence-electron chi connectivity index (χ2n) is 25.2. The van der Waals surface area contributed by atoms with Crippen molar-refractivity contribution in [3.63, 3.8) is 0 Å². The number of carbonyl (C=O) groups excluding carboxylic acids is 4. The summed E-state index contributed by atoms with van der Waals surface area (Å²) in [5.74, 6) is -2.32. The van der Waals surface area contributed by atoms with Gasteiger partial charge in [0.05, 0.1) is 32.8 Å². The number of esters is 4. The third-order valence-electron chi connectivity index (χ3n) is 15.9. The Morgan fingerprint density at radius 2 is 0.583 bits per heavy atom. The molecule has 0 aromatic heterocycles. The van der Waals surface area contributed by atoms with Crippen LogP contribution < -0.4 is 0 Å². The molecule has 3 N–H and O–H groups in total. The number of ether oxygens (including phenoxy) is 4. The average Bonchev–Trinajstić information content (AvgIpc) is 1.09. The van der Waals surface area contributed by atoms with Gasteiger partial charge in [0.1, 0.15) is 19.3 Å². The van der Waals surface area contributed by atoms with Crippen LogP contribution in [0.4, 0.5) is 0 Å². The minimum absolute atomic E-state index is 0.0607.